The highest BCUT2D eigenvalue weighted by molar-refractivity contribution is 5.94. The highest BCUT2D eigenvalue weighted by Gasteiger charge is 2.14. The lowest BCUT2D eigenvalue weighted by atomic mass is 9.97. The first-order valence-electron chi connectivity index (χ1n) is 6.01. The number of rotatable bonds is 2. The first-order chi connectivity index (χ1) is 8.83. The summed E-state index contributed by atoms with van der Waals surface area (Å²) in [6.45, 7) is 6.19. The number of carbonyl (C=O) groups excluding carboxylic acids is 1. The molecule has 0 atom stereocenters. The highest BCUT2D eigenvalue weighted by atomic mass is 19.1. The molecule has 4 heteroatoms. The number of carbonyl (C=O) groups is 1. The van der Waals surface area contributed by atoms with Gasteiger partial charge in [0.2, 0.25) is 0 Å². The van der Waals surface area contributed by atoms with Crippen molar-refractivity contribution in [2.45, 2.75) is 20.8 Å². The van der Waals surface area contributed by atoms with Crippen molar-refractivity contribution < 1.29 is 14.3 Å². The number of halogens is 1. The van der Waals surface area contributed by atoms with Crippen LogP contribution >= 0.6 is 0 Å². The van der Waals surface area contributed by atoms with Crippen molar-refractivity contribution in [3.05, 3.63) is 35.1 Å². The SMILES string of the molecule is CC(C)(C)CNC(=O)c1ccc(C#CCO)c(F)c1. The normalized spacial score (nSPS) is 10.6. The van der Waals surface area contributed by atoms with Crippen molar-refractivity contribution in [2.24, 2.45) is 5.41 Å². The monoisotopic (exact) mass is 263 g/mol. The molecule has 0 unspecified atom stereocenters. The third kappa shape index (κ3) is 5.11. The van der Waals surface area contributed by atoms with E-state index in [0.29, 0.717) is 6.54 Å². The van der Waals surface area contributed by atoms with Gasteiger partial charge in [0.1, 0.15) is 12.4 Å². The molecule has 0 aliphatic heterocycles. The van der Waals surface area contributed by atoms with Gasteiger partial charge >= 0.3 is 0 Å². The Balaban J connectivity index is 2.80. The Hall–Kier alpha value is -1.86. The molecule has 0 fully saturated rings. The van der Waals surface area contributed by atoms with Gasteiger partial charge in [0.05, 0.1) is 5.56 Å². The van der Waals surface area contributed by atoms with Gasteiger partial charge in [-0.05, 0) is 23.6 Å². The third-order valence-corrected chi connectivity index (χ3v) is 2.31. The van der Waals surface area contributed by atoms with E-state index in [-0.39, 0.29) is 29.1 Å². The maximum Gasteiger partial charge on any atom is 0.251 e. The maximum absolute atomic E-state index is 13.6. The molecular weight excluding hydrogens is 245 g/mol. The minimum atomic E-state index is -0.565. The molecule has 0 saturated heterocycles. The highest BCUT2D eigenvalue weighted by Crippen LogP contribution is 2.12. The summed E-state index contributed by atoms with van der Waals surface area (Å²) in [6.07, 6.45) is 0. The van der Waals surface area contributed by atoms with Crippen molar-refractivity contribution in [3.8, 4) is 11.8 Å². The number of amides is 1. The summed E-state index contributed by atoms with van der Waals surface area (Å²) in [5, 5.41) is 11.3. The Bertz CT molecular complexity index is 521. The molecule has 102 valence electrons. The van der Waals surface area contributed by atoms with Gasteiger partial charge in [-0.15, -0.1) is 0 Å². The molecule has 0 radical (unpaired) electrons. The molecule has 0 bridgehead atoms. The number of aliphatic hydroxyl groups is 1. The fourth-order valence-corrected chi connectivity index (χ4v) is 1.34. The van der Waals surface area contributed by atoms with Crippen LogP contribution in [0.1, 0.15) is 36.7 Å². The van der Waals surface area contributed by atoms with Crippen LogP contribution < -0.4 is 5.32 Å². The molecule has 0 saturated carbocycles. The van der Waals surface area contributed by atoms with Crippen molar-refractivity contribution in [2.75, 3.05) is 13.2 Å². The van der Waals surface area contributed by atoms with Gasteiger partial charge in [-0.3, -0.25) is 4.79 Å². The number of nitrogens with one attached hydrogen (secondary N) is 1. The smallest absolute Gasteiger partial charge is 0.251 e. The van der Waals surface area contributed by atoms with Crippen molar-refractivity contribution in [3.63, 3.8) is 0 Å². The Labute approximate surface area is 112 Å². The van der Waals surface area contributed by atoms with E-state index in [2.05, 4.69) is 17.2 Å². The van der Waals surface area contributed by atoms with Crippen LogP contribution in [0.25, 0.3) is 0 Å². The second-order valence-corrected chi connectivity index (χ2v) is 5.40. The number of aliphatic hydroxyl groups excluding tert-OH is 1. The summed E-state index contributed by atoms with van der Waals surface area (Å²) in [5.74, 6) is 3.97. The fourth-order valence-electron chi connectivity index (χ4n) is 1.34. The molecule has 0 aliphatic rings. The summed E-state index contributed by atoms with van der Waals surface area (Å²) < 4.78 is 13.6. The van der Waals surface area contributed by atoms with Crippen LogP contribution in [-0.2, 0) is 0 Å². The molecule has 1 amide bonds. The van der Waals surface area contributed by atoms with Gasteiger partial charge < -0.3 is 10.4 Å². The fraction of sp³-hybridized carbons (Fsp3) is 0.400. The maximum atomic E-state index is 13.6. The Morgan fingerprint density at radius 1 is 1.42 bits per heavy atom. The largest absolute Gasteiger partial charge is 0.384 e. The van der Waals surface area contributed by atoms with E-state index >= 15 is 0 Å². The zero-order chi connectivity index (χ0) is 14.5. The van der Waals surface area contributed by atoms with Gasteiger partial charge in [-0.25, -0.2) is 4.39 Å². The van der Waals surface area contributed by atoms with E-state index < -0.39 is 5.82 Å². The zero-order valence-electron chi connectivity index (χ0n) is 11.4. The Kier molecular flexibility index (Phi) is 5.08. The second-order valence-electron chi connectivity index (χ2n) is 5.40. The Morgan fingerprint density at radius 3 is 2.63 bits per heavy atom. The van der Waals surface area contributed by atoms with Crippen LogP contribution in [0.3, 0.4) is 0 Å². The molecule has 2 N–H and O–H groups in total. The average Bonchev–Trinajstić information content (AvgIpc) is 2.33. The van der Waals surface area contributed by atoms with E-state index in [1.807, 2.05) is 20.8 Å². The molecule has 1 aromatic rings. The lowest BCUT2D eigenvalue weighted by molar-refractivity contribution is 0.0939. The molecule has 0 aliphatic carbocycles. The first kappa shape index (κ1) is 15.2. The molecule has 0 spiro atoms. The number of hydrogen-bond donors (Lipinski definition) is 2. The summed E-state index contributed by atoms with van der Waals surface area (Å²) in [7, 11) is 0. The molecule has 19 heavy (non-hydrogen) atoms. The summed E-state index contributed by atoms with van der Waals surface area (Å²) >= 11 is 0. The molecule has 0 heterocycles. The van der Waals surface area contributed by atoms with Gasteiger partial charge in [0, 0.05) is 12.1 Å². The van der Waals surface area contributed by atoms with Crippen LogP contribution in [0.15, 0.2) is 18.2 Å². The van der Waals surface area contributed by atoms with Gasteiger partial charge in [-0.1, -0.05) is 32.6 Å². The zero-order valence-corrected chi connectivity index (χ0v) is 11.4. The minimum absolute atomic E-state index is 0.0270. The average molecular weight is 263 g/mol. The molecule has 0 aromatic heterocycles. The summed E-state index contributed by atoms with van der Waals surface area (Å²) in [4.78, 5) is 11.8. The van der Waals surface area contributed by atoms with Gasteiger partial charge in [0.25, 0.3) is 5.91 Å². The predicted octanol–water partition coefficient (Wildman–Crippen LogP) is 1.95. The van der Waals surface area contributed by atoms with E-state index in [1.54, 1.807) is 0 Å². The number of hydrogen-bond acceptors (Lipinski definition) is 2. The van der Waals surface area contributed by atoms with E-state index in [1.165, 1.54) is 12.1 Å². The third-order valence-electron chi connectivity index (χ3n) is 2.31. The van der Waals surface area contributed by atoms with Gasteiger partial charge in [-0.2, -0.15) is 0 Å². The molecule has 1 aromatic carbocycles. The quantitative estimate of drug-likeness (QED) is 0.801. The van der Waals surface area contributed by atoms with Crippen molar-refractivity contribution in [1.82, 2.24) is 5.32 Å². The van der Waals surface area contributed by atoms with Crippen molar-refractivity contribution >= 4 is 5.91 Å². The lowest BCUT2D eigenvalue weighted by Crippen LogP contribution is -2.32. The topological polar surface area (TPSA) is 49.3 Å². The number of benzene rings is 1. The van der Waals surface area contributed by atoms with Crippen molar-refractivity contribution in [1.29, 1.82) is 0 Å². The van der Waals surface area contributed by atoms with Crippen LogP contribution in [0.4, 0.5) is 4.39 Å². The van der Waals surface area contributed by atoms with Crippen LogP contribution in [-0.4, -0.2) is 24.2 Å². The standard InChI is InChI=1S/C15H18FNO2/c1-15(2,3)10-17-14(19)12-7-6-11(5-4-8-18)13(16)9-12/h6-7,9,18H,8,10H2,1-3H3,(H,17,19). The van der Waals surface area contributed by atoms with E-state index in [0.717, 1.165) is 6.07 Å². The lowest BCUT2D eigenvalue weighted by Gasteiger charge is -2.18. The second kappa shape index (κ2) is 6.35. The minimum Gasteiger partial charge on any atom is -0.384 e. The van der Waals surface area contributed by atoms with Gasteiger partial charge in [0.15, 0.2) is 0 Å². The van der Waals surface area contributed by atoms with Crippen LogP contribution in [0.2, 0.25) is 0 Å². The molecular formula is C15H18FNO2. The van der Waals surface area contributed by atoms with E-state index in [4.69, 9.17) is 5.11 Å². The molecule has 1 rings (SSSR count). The summed E-state index contributed by atoms with van der Waals surface area (Å²) in [6, 6.07) is 4.10. The molecule has 3 nitrogen and oxygen atoms in total. The van der Waals surface area contributed by atoms with Crippen LogP contribution in [0, 0.1) is 23.1 Å². The Morgan fingerprint density at radius 2 is 2.11 bits per heavy atom. The first-order valence-corrected chi connectivity index (χ1v) is 6.01. The van der Waals surface area contributed by atoms with Crippen LogP contribution in [0.5, 0.6) is 0 Å². The predicted molar refractivity (Wildman–Crippen MR) is 72.2 cm³/mol. The summed E-state index contributed by atoms with van der Waals surface area (Å²) in [5.41, 5.74) is 0.401. The van der Waals surface area contributed by atoms with E-state index in [9.17, 15) is 9.18 Å².